The van der Waals surface area contributed by atoms with Gasteiger partial charge in [-0.05, 0) is 12.1 Å². The van der Waals surface area contributed by atoms with Gasteiger partial charge in [0.2, 0.25) is 0 Å². The van der Waals surface area contributed by atoms with Crippen LogP contribution in [0.25, 0.3) is 22.5 Å². The molecule has 1 aliphatic heterocycles. The lowest BCUT2D eigenvalue weighted by Crippen LogP contribution is -2.46. The largest absolute Gasteiger partial charge is 0.394 e. The molecule has 9 nitrogen and oxygen atoms in total. The van der Waals surface area contributed by atoms with E-state index in [-0.39, 0.29) is 17.7 Å². The Bertz CT molecular complexity index is 1280. The number of aromatic nitrogens is 6. The van der Waals surface area contributed by atoms with Gasteiger partial charge in [-0.25, -0.2) is 22.5 Å². The molecule has 5 rings (SSSR count). The zero-order valence-electron chi connectivity index (χ0n) is 17.5. The van der Waals surface area contributed by atoms with E-state index in [4.69, 9.17) is 4.74 Å². The van der Waals surface area contributed by atoms with E-state index in [0.29, 0.717) is 5.69 Å². The monoisotopic (exact) mass is 472 g/mol. The van der Waals surface area contributed by atoms with Crippen LogP contribution < -0.4 is 0 Å². The fraction of sp³-hybridized carbons (Fsp3) is 0.273. The normalized spacial score (nSPS) is 22.7. The lowest BCUT2D eigenvalue weighted by molar-refractivity contribution is -0.183. The van der Waals surface area contributed by atoms with Crippen LogP contribution in [0.2, 0.25) is 0 Å². The van der Waals surface area contributed by atoms with Crippen molar-refractivity contribution in [1.82, 2.24) is 30.0 Å². The van der Waals surface area contributed by atoms with Crippen molar-refractivity contribution in [3.8, 4) is 22.5 Å². The van der Waals surface area contributed by atoms with Crippen molar-refractivity contribution in [2.24, 2.45) is 0 Å². The standard InChI is InChI=1S/C22H19F3N6O3/c23-14-6-13(7-15(24)21(14)25)16-10-30(29-27-16)17-8-20(34-19(11-32)22(17)33)31-18(9-26-28-31)12-4-2-1-3-5-12/h1-7,9-10,17,19-20,22,32-33H,8,11H2/t17-,19-,20-,22-/m1/s1. The van der Waals surface area contributed by atoms with Crippen molar-refractivity contribution in [2.45, 2.75) is 30.9 Å². The molecule has 12 heteroatoms. The van der Waals surface area contributed by atoms with Gasteiger partial charge in [0, 0.05) is 17.5 Å². The molecule has 176 valence electrons. The molecule has 1 aliphatic rings. The fourth-order valence-corrected chi connectivity index (χ4v) is 4.05. The molecule has 2 aromatic heterocycles. The number of rotatable bonds is 5. The summed E-state index contributed by atoms with van der Waals surface area (Å²) in [6, 6.07) is 10.3. The van der Waals surface area contributed by atoms with Crippen molar-refractivity contribution < 1.29 is 28.1 Å². The molecule has 0 unspecified atom stereocenters. The highest BCUT2D eigenvalue weighted by atomic mass is 19.2. The maximum Gasteiger partial charge on any atom is 0.194 e. The first-order chi connectivity index (χ1) is 16.5. The van der Waals surface area contributed by atoms with Crippen molar-refractivity contribution in [2.75, 3.05) is 6.61 Å². The molecule has 1 saturated heterocycles. The third kappa shape index (κ3) is 3.95. The Kier molecular flexibility index (Phi) is 5.86. The van der Waals surface area contributed by atoms with E-state index in [1.54, 1.807) is 10.9 Å². The van der Waals surface area contributed by atoms with Gasteiger partial charge in [-0.15, -0.1) is 10.2 Å². The van der Waals surface area contributed by atoms with Crippen molar-refractivity contribution >= 4 is 0 Å². The molecule has 3 heterocycles. The van der Waals surface area contributed by atoms with Gasteiger partial charge >= 0.3 is 0 Å². The summed E-state index contributed by atoms with van der Waals surface area (Å²) in [6.45, 7) is -0.473. The predicted molar refractivity (Wildman–Crippen MR) is 111 cm³/mol. The molecule has 0 radical (unpaired) electrons. The zero-order valence-corrected chi connectivity index (χ0v) is 17.5. The topological polar surface area (TPSA) is 111 Å². The number of hydrogen-bond acceptors (Lipinski definition) is 7. The molecule has 0 amide bonds. The molecule has 4 atom stereocenters. The van der Waals surface area contributed by atoms with Crippen LogP contribution in [0, 0.1) is 17.5 Å². The van der Waals surface area contributed by atoms with Crippen LogP contribution in [-0.4, -0.2) is 59.0 Å². The first kappa shape index (κ1) is 22.2. The average Bonchev–Trinajstić information content (AvgIpc) is 3.53. The van der Waals surface area contributed by atoms with Crippen LogP contribution in [0.5, 0.6) is 0 Å². The zero-order chi connectivity index (χ0) is 23.8. The first-order valence-electron chi connectivity index (χ1n) is 10.4. The summed E-state index contributed by atoms with van der Waals surface area (Å²) in [6.07, 6.45) is 0.298. The highest BCUT2D eigenvalue weighted by Gasteiger charge is 2.41. The molecular weight excluding hydrogens is 453 g/mol. The van der Waals surface area contributed by atoms with Gasteiger partial charge in [-0.2, -0.15) is 0 Å². The number of aliphatic hydroxyl groups excluding tert-OH is 2. The summed E-state index contributed by atoms with van der Waals surface area (Å²) >= 11 is 0. The Hall–Kier alpha value is -3.61. The van der Waals surface area contributed by atoms with Gasteiger partial charge in [-0.3, -0.25) is 0 Å². The number of halogens is 3. The molecule has 2 N–H and O–H groups in total. The van der Waals surface area contributed by atoms with Crippen LogP contribution in [0.3, 0.4) is 0 Å². The molecule has 4 aromatic rings. The number of ether oxygens (including phenoxy) is 1. The van der Waals surface area contributed by atoms with Crippen molar-refractivity contribution in [3.05, 3.63) is 72.3 Å². The first-order valence-corrected chi connectivity index (χ1v) is 10.4. The summed E-state index contributed by atoms with van der Waals surface area (Å²) < 4.78 is 49.4. The molecular formula is C22H19F3N6O3. The summed E-state index contributed by atoms with van der Waals surface area (Å²) in [5.41, 5.74) is 1.60. The highest BCUT2D eigenvalue weighted by molar-refractivity contribution is 5.58. The van der Waals surface area contributed by atoms with Gasteiger partial charge in [0.25, 0.3) is 0 Å². The molecule has 0 spiro atoms. The second-order valence-corrected chi connectivity index (χ2v) is 7.87. The average molecular weight is 472 g/mol. The minimum Gasteiger partial charge on any atom is -0.394 e. The molecule has 1 fully saturated rings. The van der Waals surface area contributed by atoms with Crippen LogP contribution in [0.4, 0.5) is 13.2 Å². The molecule has 34 heavy (non-hydrogen) atoms. The quantitative estimate of drug-likeness (QED) is 0.430. The van der Waals surface area contributed by atoms with E-state index in [2.05, 4.69) is 20.6 Å². The smallest absolute Gasteiger partial charge is 0.194 e. The number of nitrogens with zero attached hydrogens (tertiary/aromatic N) is 6. The third-order valence-electron chi connectivity index (χ3n) is 5.78. The van der Waals surface area contributed by atoms with Gasteiger partial charge in [0.05, 0.1) is 30.7 Å². The van der Waals surface area contributed by atoms with Crippen molar-refractivity contribution in [3.63, 3.8) is 0 Å². The maximum atomic E-state index is 13.7. The highest BCUT2D eigenvalue weighted by Crippen LogP contribution is 2.36. The fourth-order valence-electron chi connectivity index (χ4n) is 4.05. The Morgan fingerprint density at radius 1 is 1.03 bits per heavy atom. The second kappa shape index (κ2) is 8.97. The Balaban J connectivity index is 1.47. The number of aliphatic hydroxyl groups is 2. The predicted octanol–water partition coefficient (Wildman–Crippen LogP) is 2.50. The van der Waals surface area contributed by atoms with E-state index in [9.17, 15) is 23.4 Å². The third-order valence-corrected chi connectivity index (χ3v) is 5.78. The number of benzene rings is 2. The van der Waals surface area contributed by atoms with Crippen LogP contribution >= 0.6 is 0 Å². The van der Waals surface area contributed by atoms with Crippen LogP contribution in [0.1, 0.15) is 18.7 Å². The summed E-state index contributed by atoms with van der Waals surface area (Å²) in [7, 11) is 0. The Morgan fingerprint density at radius 2 is 1.76 bits per heavy atom. The van der Waals surface area contributed by atoms with E-state index >= 15 is 0 Å². The van der Waals surface area contributed by atoms with Gasteiger partial charge in [0.15, 0.2) is 23.7 Å². The van der Waals surface area contributed by atoms with Gasteiger partial charge < -0.3 is 14.9 Å². The Morgan fingerprint density at radius 3 is 2.47 bits per heavy atom. The maximum absolute atomic E-state index is 13.7. The Labute approximate surface area is 191 Å². The molecule has 0 aliphatic carbocycles. The summed E-state index contributed by atoms with van der Waals surface area (Å²) in [4.78, 5) is 0. The minimum absolute atomic E-state index is 0.0119. The SMILES string of the molecule is OC[C@H]1O[C@@H](n2nncc2-c2ccccc2)C[C@@H](n2cc(-c3cc(F)c(F)c(F)c3)nn2)[C@H]1O. The van der Waals surface area contributed by atoms with Crippen LogP contribution in [0.15, 0.2) is 54.9 Å². The molecule has 0 bridgehead atoms. The second-order valence-electron chi connectivity index (χ2n) is 7.87. The summed E-state index contributed by atoms with van der Waals surface area (Å²) in [5, 5.41) is 36.6. The summed E-state index contributed by atoms with van der Waals surface area (Å²) in [5.74, 6) is -4.28. The van der Waals surface area contributed by atoms with E-state index in [0.717, 1.165) is 17.7 Å². The van der Waals surface area contributed by atoms with Crippen molar-refractivity contribution in [1.29, 1.82) is 0 Å². The van der Waals surface area contributed by atoms with E-state index in [1.807, 2.05) is 30.3 Å². The molecule has 0 saturated carbocycles. The lowest BCUT2D eigenvalue weighted by Gasteiger charge is -2.38. The van der Waals surface area contributed by atoms with E-state index in [1.165, 1.54) is 10.9 Å². The number of hydrogen-bond donors (Lipinski definition) is 2. The minimum atomic E-state index is -1.58. The van der Waals surface area contributed by atoms with Gasteiger partial charge in [0.1, 0.15) is 17.9 Å². The molecule has 2 aromatic carbocycles. The lowest BCUT2D eigenvalue weighted by atomic mass is 9.98. The van der Waals surface area contributed by atoms with E-state index < -0.39 is 48.5 Å². The van der Waals surface area contributed by atoms with Crippen LogP contribution in [-0.2, 0) is 4.74 Å². The van der Waals surface area contributed by atoms with Gasteiger partial charge in [-0.1, -0.05) is 40.8 Å².